The number of hydrogen-bond donors (Lipinski definition) is 0. The van der Waals surface area contributed by atoms with E-state index in [0.717, 1.165) is 0 Å². The van der Waals surface area contributed by atoms with Crippen LogP contribution in [-0.4, -0.2) is 3.21 Å². The SMILES string of the molecule is C[C](C)=[Zr+2]([C]1=CC(C(C)(C)C)=CC1)[CH]1c2ccccc2-c2ccccc21.[Cl-].[Cl-]. The molecule has 3 heteroatoms. The summed E-state index contributed by atoms with van der Waals surface area (Å²) in [5, 5.41) is 0. The molecule has 0 saturated carbocycles. The van der Waals surface area contributed by atoms with E-state index in [4.69, 9.17) is 0 Å². The number of halogens is 2. The maximum atomic E-state index is 2.57. The Bertz CT molecular complexity index is 925. The van der Waals surface area contributed by atoms with Crippen LogP contribution in [-0.2, 0) is 21.3 Å². The first-order chi connectivity index (χ1) is 12.4. The van der Waals surface area contributed by atoms with Gasteiger partial charge in [0.1, 0.15) is 0 Å². The maximum absolute atomic E-state index is 2.57. The Morgan fingerprint density at radius 3 is 1.79 bits per heavy atom. The Morgan fingerprint density at radius 2 is 1.36 bits per heavy atom. The topological polar surface area (TPSA) is 0 Å². The molecule has 0 unspecified atom stereocenters. The molecule has 0 radical (unpaired) electrons. The normalized spacial score (nSPS) is 14.6. The smallest absolute Gasteiger partial charge is 1.00 e. The minimum Gasteiger partial charge on any atom is -1.00 e. The van der Waals surface area contributed by atoms with Crippen LogP contribution in [0.5, 0.6) is 0 Å². The van der Waals surface area contributed by atoms with Gasteiger partial charge in [-0.3, -0.25) is 0 Å². The zero-order chi connectivity index (χ0) is 18.5. The fourth-order valence-corrected chi connectivity index (χ4v) is 12.7. The summed E-state index contributed by atoms with van der Waals surface area (Å²) in [5.74, 6) is 0. The summed E-state index contributed by atoms with van der Waals surface area (Å²) in [4.78, 5) is 0. The third kappa shape index (κ3) is 4.09. The summed E-state index contributed by atoms with van der Waals surface area (Å²) in [6.07, 6.45) is 6.24. The second kappa shape index (κ2) is 8.95. The largest absolute Gasteiger partial charge is 1.00 e. The van der Waals surface area contributed by atoms with E-state index in [2.05, 4.69) is 95.3 Å². The third-order valence-corrected chi connectivity index (χ3v) is 13.9. The fourth-order valence-electron chi connectivity index (χ4n) is 4.50. The number of fused-ring (bicyclic) bond motifs is 3. The molecule has 0 aromatic heterocycles. The molecule has 0 saturated heterocycles. The molecule has 0 N–H and O–H groups in total. The van der Waals surface area contributed by atoms with Crippen molar-refractivity contribution in [2.45, 2.75) is 44.7 Å². The monoisotopic (exact) mass is 488 g/mol. The molecule has 0 aliphatic heterocycles. The Kier molecular flexibility index (Phi) is 7.52. The van der Waals surface area contributed by atoms with Gasteiger partial charge in [0.05, 0.1) is 0 Å². The molecular formula is C25H28Cl2Zr. The van der Waals surface area contributed by atoms with E-state index in [-0.39, 0.29) is 30.2 Å². The Labute approximate surface area is 190 Å². The van der Waals surface area contributed by atoms with Crippen LogP contribution < -0.4 is 24.8 Å². The fraction of sp³-hybridized carbons (Fsp3) is 0.320. The van der Waals surface area contributed by atoms with Crippen molar-refractivity contribution in [2.24, 2.45) is 5.41 Å². The van der Waals surface area contributed by atoms with E-state index < -0.39 is 21.3 Å². The van der Waals surface area contributed by atoms with Gasteiger partial charge in [-0.2, -0.15) is 0 Å². The molecule has 2 aromatic carbocycles. The van der Waals surface area contributed by atoms with Crippen LogP contribution in [0.1, 0.15) is 55.8 Å². The molecule has 0 spiro atoms. The summed E-state index contributed by atoms with van der Waals surface area (Å²) >= 11 is -1.99. The molecule has 0 fully saturated rings. The molecule has 2 aliphatic rings. The van der Waals surface area contributed by atoms with Crippen molar-refractivity contribution in [3.05, 3.63) is 80.7 Å². The van der Waals surface area contributed by atoms with Crippen molar-refractivity contribution in [1.82, 2.24) is 0 Å². The Morgan fingerprint density at radius 1 is 0.857 bits per heavy atom. The van der Waals surface area contributed by atoms with Gasteiger partial charge in [0.15, 0.2) is 0 Å². The minimum absolute atomic E-state index is 0. The molecule has 0 heterocycles. The van der Waals surface area contributed by atoms with E-state index in [1.54, 1.807) is 17.6 Å². The van der Waals surface area contributed by atoms with Gasteiger partial charge in [0.25, 0.3) is 0 Å². The predicted molar refractivity (Wildman–Crippen MR) is 110 cm³/mol. The molecule has 2 aromatic rings. The second-order valence-electron chi connectivity index (χ2n) is 8.80. The zero-order valence-electron chi connectivity index (χ0n) is 17.3. The van der Waals surface area contributed by atoms with E-state index in [1.807, 2.05) is 0 Å². The maximum Gasteiger partial charge on any atom is -1.00 e. The molecule has 146 valence electrons. The molecule has 0 amide bonds. The van der Waals surface area contributed by atoms with E-state index in [0.29, 0.717) is 3.63 Å². The van der Waals surface area contributed by atoms with Crippen LogP contribution in [0.25, 0.3) is 11.1 Å². The first-order valence-electron chi connectivity index (χ1n) is 9.65. The average Bonchev–Trinajstić information content (AvgIpc) is 3.20. The Hall–Kier alpha value is -0.747. The molecule has 0 atom stereocenters. The summed E-state index contributed by atoms with van der Waals surface area (Å²) in [7, 11) is 0. The van der Waals surface area contributed by atoms with Crippen molar-refractivity contribution in [2.75, 3.05) is 0 Å². The van der Waals surface area contributed by atoms with E-state index in [9.17, 15) is 0 Å². The average molecular weight is 491 g/mol. The minimum atomic E-state index is -1.99. The van der Waals surface area contributed by atoms with Gasteiger partial charge in [-0.1, -0.05) is 0 Å². The van der Waals surface area contributed by atoms with Gasteiger partial charge in [0, 0.05) is 0 Å². The summed E-state index contributed by atoms with van der Waals surface area (Å²) in [5.41, 5.74) is 7.88. The molecule has 0 nitrogen and oxygen atoms in total. The van der Waals surface area contributed by atoms with Crippen molar-refractivity contribution < 1.29 is 46.1 Å². The van der Waals surface area contributed by atoms with Crippen molar-refractivity contribution in [3.63, 3.8) is 0 Å². The summed E-state index contributed by atoms with van der Waals surface area (Å²) < 4.78 is 4.11. The van der Waals surface area contributed by atoms with Crippen LogP contribution in [0.3, 0.4) is 0 Å². The van der Waals surface area contributed by atoms with Gasteiger partial charge >= 0.3 is 166 Å². The predicted octanol–water partition coefficient (Wildman–Crippen LogP) is 0.855. The molecular weight excluding hydrogens is 462 g/mol. The molecule has 0 bridgehead atoms. The van der Waals surface area contributed by atoms with Crippen molar-refractivity contribution >= 4 is 3.21 Å². The number of hydrogen-bond acceptors (Lipinski definition) is 0. The third-order valence-electron chi connectivity index (χ3n) is 5.74. The Balaban J connectivity index is 0.00000140. The van der Waals surface area contributed by atoms with E-state index >= 15 is 0 Å². The standard InChI is InChI=1S/C13H9.C9H13.C3H6.2ClH.Zr/c1-3-7-12-10(5-1)9-11-6-2-4-8-13(11)12;1-9(2,3)8-6-4-5-7-8;1-3-2;;;/h1-9H;6-7H,4H2,1-3H3;1-2H3;2*1H;/q;;;;;+2/p-2. The second-order valence-corrected chi connectivity index (χ2v) is 16.3. The van der Waals surface area contributed by atoms with Gasteiger partial charge in [-0.05, 0) is 0 Å². The first-order valence-corrected chi connectivity index (χ1v) is 13.5. The molecule has 4 rings (SSSR count). The van der Waals surface area contributed by atoms with Crippen LogP contribution >= 0.6 is 0 Å². The van der Waals surface area contributed by atoms with Crippen LogP contribution in [0, 0.1) is 5.41 Å². The number of rotatable bonds is 2. The molecule has 28 heavy (non-hydrogen) atoms. The van der Waals surface area contributed by atoms with Gasteiger partial charge in [0.2, 0.25) is 0 Å². The van der Waals surface area contributed by atoms with Gasteiger partial charge in [-0.15, -0.1) is 0 Å². The van der Waals surface area contributed by atoms with Crippen LogP contribution in [0.15, 0.2) is 69.5 Å². The van der Waals surface area contributed by atoms with E-state index in [1.165, 1.54) is 23.1 Å². The van der Waals surface area contributed by atoms with Crippen molar-refractivity contribution in [3.8, 4) is 11.1 Å². The number of allylic oxidation sites excluding steroid dienone is 4. The summed E-state index contributed by atoms with van der Waals surface area (Å²) in [6, 6.07) is 18.3. The quantitative estimate of drug-likeness (QED) is 0.586. The molecule has 2 aliphatic carbocycles. The van der Waals surface area contributed by atoms with Gasteiger partial charge < -0.3 is 24.8 Å². The summed E-state index contributed by atoms with van der Waals surface area (Å²) in [6.45, 7) is 11.8. The van der Waals surface area contributed by atoms with Crippen LogP contribution in [0.2, 0.25) is 0 Å². The van der Waals surface area contributed by atoms with Crippen molar-refractivity contribution in [1.29, 1.82) is 0 Å². The first kappa shape index (κ1) is 23.5. The van der Waals surface area contributed by atoms with Crippen LogP contribution in [0.4, 0.5) is 0 Å². The zero-order valence-corrected chi connectivity index (χ0v) is 21.3. The number of benzene rings is 2. The van der Waals surface area contributed by atoms with Gasteiger partial charge in [-0.25, -0.2) is 0 Å².